The molecule has 4 atom stereocenters. The number of allylic oxidation sites excluding steroid dienone is 1. The summed E-state index contributed by atoms with van der Waals surface area (Å²) in [7, 11) is 0. The zero-order valence-electron chi connectivity index (χ0n) is 19.4. The van der Waals surface area contributed by atoms with Crippen LogP contribution in [0.3, 0.4) is 0 Å². The number of aliphatic hydroxyl groups excluding tert-OH is 3. The first-order valence-electron chi connectivity index (χ1n) is 12.5. The highest BCUT2D eigenvalue weighted by atomic mass is 16.5. The molecule has 0 aromatic heterocycles. The van der Waals surface area contributed by atoms with Crippen LogP contribution >= 0.6 is 0 Å². The molecular formula is C25H48O5. The Bertz CT molecular complexity index is 401. The summed E-state index contributed by atoms with van der Waals surface area (Å²) >= 11 is 0. The predicted molar refractivity (Wildman–Crippen MR) is 123 cm³/mol. The lowest BCUT2D eigenvalue weighted by Crippen LogP contribution is -2.40. The Morgan fingerprint density at radius 3 is 1.87 bits per heavy atom. The van der Waals surface area contributed by atoms with E-state index in [1.165, 1.54) is 89.9 Å². The molecule has 5 nitrogen and oxygen atoms in total. The summed E-state index contributed by atoms with van der Waals surface area (Å²) < 4.78 is 10.6. The minimum atomic E-state index is -1.04. The topological polar surface area (TPSA) is 79.2 Å². The van der Waals surface area contributed by atoms with Crippen LogP contribution in [0.25, 0.3) is 0 Å². The van der Waals surface area contributed by atoms with E-state index in [9.17, 15) is 15.3 Å². The maximum absolute atomic E-state index is 9.94. The van der Waals surface area contributed by atoms with E-state index >= 15 is 0 Å². The minimum Gasteiger partial charge on any atom is -0.388 e. The fraction of sp³-hybridized carbons (Fsp3) is 0.920. The second-order valence-electron chi connectivity index (χ2n) is 8.82. The van der Waals surface area contributed by atoms with Gasteiger partial charge in [0.25, 0.3) is 0 Å². The first-order valence-corrected chi connectivity index (χ1v) is 12.5. The zero-order chi connectivity index (χ0) is 21.9. The molecule has 1 saturated heterocycles. The number of hydrogen-bond donors (Lipinski definition) is 3. The van der Waals surface area contributed by atoms with Crippen LogP contribution < -0.4 is 0 Å². The van der Waals surface area contributed by atoms with Crippen LogP contribution in [0.2, 0.25) is 0 Å². The molecule has 0 radical (unpaired) electrons. The van der Waals surface area contributed by atoms with Crippen molar-refractivity contribution >= 4 is 0 Å². The molecule has 0 spiro atoms. The molecule has 0 aromatic rings. The molecule has 1 rings (SSSR count). The van der Waals surface area contributed by atoms with Crippen LogP contribution in [-0.4, -0.2) is 59.6 Å². The standard InChI is InChI=1S/C25H48O5/c1-2-3-4-5-6-7-8-9-10-11-12-13-14-15-16-17-18-19-29-20-23(27)25-24(28)22(26)21-30-25/h17-18,22-28H,2-16,19-21H2,1H3/b18-17+/t22-,23+,24+,25+/m1/s1. The van der Waals surface area contributed by atoms with Crippen LogP contribution in [-0.2, 0) is 9.47 Å². The lowest BCUT2D eigenvalue weighted by molar-refractivity contribution is -0.0782. The monoisotopic (exact) mass is 428 g/mol. The number of rotatable bonds is 20. The Balaban J connectivity index is 1.78. The smallest absolute Gasteiger partial charge is 0.114 e. The van der Waals surface area contributed by atoms with Crippen LogP contribution in [0, 0.1) is 0 Å². The first-order chi connectivity index (χ1) is 14.7. The van der Waals surface area contributed by atoms with Gasteiger partial charge in [0.05, 0.1) is 19.8 Å². The van der Waals surface area contributed by atoms with E-state index in [0.29, 0.717) is 6.61 Å². The van der Waals surface area contributed by atoms with Gasteiger partial charge in [0, 0.05) is 0 Å². The molecule has 1 heterocycles. The molecule has 1 fully saturated rings. The maximum Gasteiger partial charge on any atom is 0.114 e. The van der Waals surface area contributed by atoms with Gasteiger partial charge in [0.1, 0.15) is 24.4 Å². The van der Waals surface area contributed by atoms with Crippen molar-refractivity contribution in [2.75, 3.05) is 19.8 Å². The van der Waals surface area contributed by atoms with Crippen molar-refractivity contribution in [1.82, 2.24) is 0 Å². The largest absolute Gasteiger partial charge is 0.388 e. The Kier molecular flexibility index (Phi) is 17.7. The predicted octanol–water partition coefficient (Wildman–Crippen LogP) is 4.91. The quantitative estimate of drug-likeness (QED) is 0.190. The molecule has 0 saturated carbocycles. The summed E-state index contributed by atoms with van der Waals surface area (Å²) in [6.07, 6.45) is 20.8. The number of unbranched alkanes of at least 4 members (excludes halogenated alkanes) is 14. The van der Waals surface area contributed by atoms with Crippen molar-refractivity contribution in [2.24, 2.45) is 0 Å². The third-order valence-corrected chi connectivity index (χ3v) is 5.96. The lowest BCUT2D eigenvalue weighted by atomic mass is 10.0. The number of hydrogen-bond acceptors (Lipinski definition) is 5. The van der Waals surface area contributed by atoms with Gasteiger partial charge in [0.15, 0.2) is 0 Å². The van der Waals surface area contributed by atoms with Crippen molar-refractivity contribution in [3.63, 3.8) is 0 Å². The van der Waals surface area contributed by atoms with Crippen molar-refractivity contribution in [2.45, 2.75) is 128 Å². The van der Waals surface area contributed by atoms with Gasteiger partial charge < -0.3 is 24.8 Å². The van der Waals surface area contributed by atoms with Crippen LogP contribution in [0.15, 0.2) is 12.2 Å². The molecule has 178 valence electrons. The molecule has 5 heteroatoms. The normalized spacial score (nSPS) is 22.9. The summed E-state index contributed by atoms with van der Waals surface area (Å²) in [4.78, 5) is 0. The van der Waals surface area contributed by atoms with Gasteiger partial charge in [0.2, 0.25) is 0 Å². The molecule has 3 N–H and O–H groups in total. The lowest BCUT2D eigenvalue weighted by Gasteiger charge is -2.20. The molecule has 0 aliphatic carbocycles. The molecule has 1 aliphatic rings. The summed E-state index contributed by atoms with van der Waals surface area (Å²) in [5.74, 6) is 0. The van der Waals surface area contributed by atoms with Gasteiger partial charge >= 0.3 is 0 Å². The third kappa shape index (κ3) is 13.8. The first kappa shape index (κ1) is 27.6. The molecule has 30 heavy (non-hydrogen) atoms. The van der Waals surface area contributed by atoms with Gasteiger partial charge in [-0.1, -0.05) is 103 Å². The highest BCUT2D eigenvalue weighted by molar-refractivity contribution is 4.88. The van der Waals surface area contributed by atoms with Gasteiger partial charge in [-0.3, -0.25) is 0 Å². The Hall–Kier alpha value is -0.460. The molecule has 1 aliphatic heterocycles. The fourth-order valence-electron chi connectivity index (χ4n) is 3.96. The van der Waals surface area contributed by atoms with Crippen molar-refractivity contribution in [1.29, 1.82) is 0 Å². The molecular weight excluding hydrogens is 380 g/mol. The van der Waals surface area contributed by atoms with Gasteiger partial charge in [-0.05, 0) is 12.8 Å². The van der Waals surface area contributed by atoms with Crippen LogP contribution in [0.1, 0.15) is 103 Å². The Labute approximate surface area is 184 Å². The summed E-state index contributed by atoms with van der Waals surface area (Å²) in [5.41, 5.74) is 0. The fourth-order valence-corrected chi connectivity index (χ4v) is 3.96. The minimum absolute atomic E-state index is 0.0575. The van der Waals surface area contributed by atoms with Crippen molar-refractivity contribution in [3.8, 4) is 0 Å². The zero-order valence-corrected chi connectivity index (χ0v) is 19.4. The molecule has 0 aromatic carbocycles. The van der Waals surface area contributed by atoms with Crippen molar-refractivity contribution in [3.05, 3.63) is 12.2 Å². The second-order valence-corrected chi connectivity index (χ2v) is 8.82. The van der Waals surface area contributed by atoms with Gasteiger partial charge in [-0.15, -0.1) is 0 Å². The Morgan fingerprint density at radius 2 is 1.37 bits per heavy atom. The molecule has 0 bridgehead atoms. The van der Waals surface area contributed by atoms with E-state index in [1.54, 1.807) is 0 Å². The van der Waals surface area contributed by atoms with E-state index in [4.69, 9.17) is 9.47 Å². The van der Waals surface area contributed by atoms with E-state index in [-0.39, 0.29) is 13.2 Å². The van der Waals surface area contributed by atoms with E-state index in [0.717, 1.165) is 6.42 Å². The van der Waals surface area contributed by atoms with Gasteiger partial charge in [-0.2, -0.15) is 0 Å². The highest BCUT2D eigenvalue weighted by Crippen LogP contribution is 2.18. The highest BCUT2D eigenvalue weighted by Gasteiger charge is 2.39. The SMILES string of the molecule is CCCCCCCCCCCCCCCC/C=C/COC[C@H](O)[C@@H]1OC[C@@H](O)[C@@H]1O. The Morgan fingerprint density at radius 1 is 0.833 bits per heavy atom. The summed E-state index contributed by atoms with van der Waals surface area (Å²) in [6.45, 7) is 2.87. The van der Waals surface area contributed by atoms with Gasteiger partial charge in [-0.25, -0.2) is 0 Å². The van der Waals surface area contributed by atoms with E-state index < -0.39 is 24.4 Å². The van der Waals surface area contributed by atoms with Crippen LogP contribution in [0.5, 0.6) is 0 Å². The molecule has 0 unspecified atom stereocenters. The van der Waals surface area contributed by atoms with Crippen LogP contribution in [0.4, 0.5) is 0 Å². The third-order valence-electron chi connectivity index (χ3n) is 5.96. The second kappa shape index (κ2) is 19.2. The average molecular weight is 429 g/mol. The maximum atomic E-state index is 9.94. The average Bonchev–Trinajstić information content (AvgIpc) is 3.08. The molecule has 0 amide bonds. The van der Waals surface area contributed by atoms with E-state index in [2.05, 4.69) is 13.0 Å². The number of aliphatic hydroxyl groups is 3. The van der Waals surface area contributed by atoms with E-state index in [1.807, 2.05) is 6.08 Å². The summed E-state index contributed by atoms with van der Waals surface area (Å²) in [5, 5.41) is 29.0. The number of ether oxygens (including phenoxy) is 2. The van der Waals surface area contributed by atoms with Crippen molar-refractivity contribution < 1.29 is 24.8 Å². The summed E-state index contributed by atoms with van der Waals surface area (Å²) in [6, 6.07) is 0.